The fourth-order valence-corrected chi connectivity index (χ4v) is 3.12. The number of aromatic carboxylic acids is 1. The summed E-state index contributed by atoms with van der Waals surface area (Å²) >= 11 is 2.57. The minimum atomic E-state index is -0.940. The SMILES string of the molecule is CCc1nc(CSc2nc(C)c(C(=O)O)s2)no1. The van der Waals surface area contributed by atoms with Crippen LogP contribution in [-0.4, -0.2) is 26.2 Å². The third-order valence-electron chi connectivity index (χ3n) is 2.11. The Balaban J connectivity index is 2.01. The maximum absolute atomic E-state index is 10.9. The maximum Gasteiger partial charge on any atom is 0.347 e. The van der Waals surface area contributed by atoms with E-state index in [1.807, 2.05) is 6.92 Å². The summed E-state index contributed by atoms with van der Waals surface area (Å²) in [6.45, 7) is 3.63. The van der Waals surface area contributed by atoms with Gasteiger partial charge in [0, 0.05) is 6.42 Å². The molecule has 96 valence electrons. The monoisotopic (exact) mass is 285 g/mol. The van der Waals surface area contributed by atoms with Crippen LogP contribution in [0.15, 0.2) is 8.86 Å². The quantitative estimate of drug-likeness (QED) is 0.843. The largest absolute Gasteiger partial charge is 0.477 e. The summed E-state index contributed by atoms with van der Waals surface area (Å²) in [7, 11) is 0. The van der Waals surface area contributed by atoms with Crippen LogP contribution in [0.3, 0.4) is 0 Å². The van der Waals surface area contributed by atoms with Gasteiger partial charge in [-0.2, -0.15) is 4.98 Å². The van der Waals surface area contributed by atoms with Gasteiger partial charge in [-0.15, -0.1) is 11.3 Å². The number of thioether (sulfide) groups is 1. The van der Waals surface area contributed by atoms with Gasteiger partial charge in [-0.1, -0.05) is 23.8 Å². The Bertz CT molecular complexity index is 564. The van der Waals surface area contributed by atoms with Crippen molar-refractivity contribution >= 4 is 29.1 Å². The highest BCUT2D eigenvalue weighted by Crippen LogP contribution is 2.29. The van der Waals surface area contributed by atoms with Crippen LogP contribution in [0.25, 0.3) is 0 Å². The van der Waals surface area contributed by atoms with E-state index in [9.17, 15) is 4.79 Å². The minimum absolute atomic E-state index is 0.278. The van der Waals surface area contributed by atoms with Crippen LogP contribution in [0.2, 0.25) is 0 Å². The fraction of sp³-hybridized carbons (Fsp3) is 0.400. The van der Waals surface area contributed by atoms with Crippen LogP contribution in [0.1, 0.15) is 34.0 Å². The van der Waals surface area contributed by atoms with Gasteiger partial charge in [0.1, 0.15) is 4.88 Å². The third-order valence-corrected chi connectivity index (χ3v) is 4.39. The van der Waals surface area contributed by atoms with Crippen molar-refractivity contribution in [3.8, 4) is 0 Å². The molecule has 0 unspecified atom stereocenters. The van der Waals surface area contributed by atoms with E-state index in [0.29, 0.717) is 33.9 Å². The van der Waals surface area contributed by atoms with Crippen molar-refractivity contribution in [2.75, 3.05) is 0 Å². The Morgan fingerprint density at radius 3 is 2.83 bits per heavy atom. The number of hydrogen-bond acceptors (Lipinski definition) is 7. The Morgan fingerprint density at radius 1 is 1.50 bits per heavy atom. The van der Waals surface area contributed by atoms with Gasteiger partial charge in [-0.05, 0) is 6.92 Å². The Hall–Kier alpha value is -1.41. The normalized spacial score (nSPS) is 10.8. The molecule has 2 aromatic heterocycles. The molecule has 0 atom stereocenters. The van der Waals surface area contributed by atoms with Gasteiger partial charge in [0.2, 0.25) is 5.89 Å². The van der Waals surface area contributed by atoms with Crippen molar-refractivity contribution in [1.82, 2.24) is 15.1 Å². The van der Waals surface area contributed by atoms with Crippen molar-refractivity contribution in [3.05, 3.63) is 22.3 Å². The molecule has 0 radical (unpaired) electrons. The molecule has 2 aromatic rings. The Morgan fingerprint density at radius 2 is 2.28 bits per heavy atom. The summed E-state index contributed by atoms with van der Waals surface area (Å²) < 4.78 is 5.69. The second-order valence-corrected chi connectivity index (χ2v) is 5.67. The molecule has 0 fully saturated rings. The number of carboxylic acids is 1. The molecule has 6 nitrogen and oxygen atoms in total. The van der Waals surface area contributed by atoms with Crippen molar-refractivity contribution in [2.24, 2.45) is 0 Å². The zero-order valence-corrected chi connectivity index (χ0v) is 11.5. The van der Waals surface area contributed by atoms with Crippen LogP contribution in [0.4, 0.5) is 0 Å². The molecular formula is C10H11N3O3S2. The highest BCUT2D eigenvalue weighted by Gasteiger charge is 2.15. The Labute approximate surface area is 111 Å². The highest BCUT2D eigenvalue weighted by molar-refractivity contribution is 8.00. The molecule has 0 aliphatic rings. The van der Waals surface area contributed by atoms with E-state index in [2.05, 4.69) is 15.1 Å². The molecule has 18 heavy (non-hydrogen) atoms. The van der Waals surface area contributed by atoms with Crippen molar-refractivity contribution < 1.29 is 14.4 Å². The standard InChI is InChI=1S/C10H11N3O3S2/c1-3-7-12-6(13-16-7)4-17-10-11-5(2)8(18-10)9(14)15/h3-4H2,1-2H3,(H,14,15). The molecule has 0 saturated carbocycles. The lowest BCUT2D eigenvalue weighted by Gasteiger charge is -1.90. The molecular weight excluding hydrogens is 274 g/mol. The highest BCUT2D eigenvalue weighted by atomic mass is 32.2. The summed E-state index contributed by atoms with van der Waals surface area (Å²) in [5.41, 5.74) is 0.539. The predicted octanol–water partition coefficient (Wildman–Crippen LogP) is 2.39. The molecule has 2 rings (SSSR count). The van der Waals surface area contributed by atoms with E-state index in [4.69, 9.17) is 9.63 Å². The van der Waals surface area contributed by atoms with Gasteiger partial charge in [-0.3, -0.25) is 0 Å². The van der Waals surface area contributed by atoms with Gasteiger partial charge in [0.15, 0.2) is 10.2 Å². The number of rotatable bonds is 5. The topological polar surface area (TPSA) is 89.1 Å². The molecule has 0 spiro atoms. The zero-order chi connectivity index (χ0) is 13.1. The summed E-state index contributed by atoms with van der Waals surface area (Å²) in [5, 5.41) is 12.7. The van der Waals surface area contributed by atoms with E-state index in [1.54, 1.807) is 6.92 Å². The number of hydrogen-bond donors (Lipinski definition) is 1. The maximum atomic E-state index is 10.9. The van der Waals surface area contributed by atoms with Gasteiger partial charge in [-0.25, -0.2) is 9.78 Å². The zero-order valence-electron chi connectivity index (χ0n) is 9.84. The first-order chi connectivity index (χ1) is 8.60. The van der Waals surface area contributed by atoms with Gasteiger partial charge in [0.25, 0.3) is 0 Å². The average Bonchev–Trinajstić information content (AvgIpc) is 2.92. The molecule has 0 saturated heterocycles. The number of aryl methyl sites for hydroxylation is 2. The fourth-order valence-electron chi connectivity index (χ4n) is 1.25. The number of nitrogens with zero attached hydrogens (tertiary/aromatic N) is 3. The second kappa shape index (κ2) is 5.49. The number of carbonyl (C=O) groups is 1. The smallest absolute Gasteiger partial charge is 0.347 e. The molecule has 8 heteroatoms. The predicted molar refractivity (Wildman–Crippen MR) is 67.0 cm³/mol. The van der Waals surface area contributed by atoms with E-state index < -0.39 is 5.97 Å². The molecule has 0 aliphatic carbocycles. The summed E-state index contributed by atoms with van der Waals surface area (Å²) in [4.78, 5) is 19.5. The molecule has 1 N–H and O–H groups in total. The van der Waals surface area contributed by atoms with Crippen LogP contribution in [0.5, 0.6) is 0 Å². The number of thiazole rings is 1. The van der Waals surface area contributed by atoms with Crippen LogP contribution >= 0.6 is 23.1 Å². The molecule has 0 aliphatic heterocycles. The lowest BCUT2D eigenvalue weighted by molar-refractivity contribution is 0.0701. The van der Waals surface area contributed by atoms with Crippen LogP contribution in [0, 0.1) is 6.92 Å². The summed E-state index contributed by atoms with van der Waals surface area (Å²) in [5.74, 6) is 0.786. The van der Waals surface area contributed by atoms with E-state index >= 15 is 0 Å². The van der Waals surface area contributed by atoms with Gasteiger partial charge >= 0.3 is 5.97 Å². The van der Waals surface area contributed by atoms with Crippen LogP contribution < -0.4 is 0 Å². The number of carboxylic acid groups (broad SMARTS) is 1. The number of aromatic nitrogens is 3. The lowest BCUT2D eigenvalue weighted by Crippen LogP contribution is -1.94. The second-order valence-electron chi connectivity index (χ2n) is 3.45. The summed E-state index contributed by atoms with van der Waals surface area (Å²) in [6.07, 6.45) is 0.706. The molecule has 0 amide bonds. The average molecular weight is 285 g/mol. The van der Waals surface area contributed by atoms with Crippen molar-refractivity contribution in [1.29, 1.82) is 0 Å². The van der Waals surface area contributed by atoms with E-state index in [-0.39, 0.29) is 4.88 Å². The molecule has 0 aromatic carbocycles. The van der Waals surface area contributed by atoms with Crippen molar-refractivity contribution in [2.45, 2.75) is 30.4 Å². The first-order valence-corrected chi connectivity index (χ1v) is 7.05. The van der Waals surface area contributed by atoms with Gasteiger partial charge in [0.05, 0.1) is 11.4 Å². The lowest BCUT2D eigenvalue weighted by atomic mass is 10.4. The third kappa shape index (κ3) is 2.88. The molecule has 0 bridgehead atoms. The van der Waals surface area contributed by atoms with Crippen molar-refractivity contribution in [3.63, 3.8) is 0 Å². The summed E-state index contributed by atoms with van der Waals surface area (Å²) in [6, 6.07) is 0. The van der Waals surface area contributed by atoms with Gasteiger partial charge < -0.3 is 9.63 Å². The first kappa shape index (κ1) is 13.0. The van der Waals surface area contributed by atoms with E-state index in [0.717, 1.165) is 0 Å². The minimum Gasteiger partial charge on any atom is -0.477 e. The molecule has 2 heterocycles. The Kier molecular flexibility index (Phi) is 3.97. The first-order valence-electron chi connectivity index (χ1n) is 5.25. The van der Waals surface area contributed by atoms with Crippen LogP contribution in [-0.2, 0) is 12.2 Å². The van der Waals surface area contributed by atoms with E-state index in [1.165, 1.54) is 23.1 Å².